The second-order valence-electron chi connectivity index (χ2n) is 5.87. The molecular formula is C20H21NO6. The minimum absolute atomic E-state index is 0.0834. The molecule has 27 heavy (non-hydrogen) atoms. The van der Waals surface area contributed by atoms with Crippen LogP contribution in [0.25, 0.3) is 0 Å². The van der Waals surface area contributed by atoms with Crippen molar-refractivity contribution < 1.29 is 28.6 Å². The van der Waals surface area contributed by atoms with Gasteiger partial charge in [0.2, 0.25) is 0 Å². The van der Waals surface area contributed by atoms with E-state index in [1.54, 1.807) is 6.07 Å². The summed E-state index contributed by atoms with van der Waals surface area (Å²) in [5.41, 5.74) is 7.41. The third-order valence-electron chi connectivity index (χ3n) is 3.50. The maximum Gasteiger partial charge on any atom is 0.323 e. The standard InChI is InChI=1S/C20H21NO6/c1-13(22)26-18-9-8-16(11-19(18)27-14(2)23)10-17(21)20(24)25-12-15-6-4-3-5-7-15/h3-9,11,17H,10,12,21H2,1-2H3/t17-/m0/s1. The van der Waals surface area contributed by atoms with Gasteiger partial charge in [-0.1, -0.05) is 36.4 Å². The van der Waals surface area contributed by atoms with Crippen LogP contribution >= 0.6 is 0 Å². The van der Waals surface area contributed by atoms with E-state index < -0.39 is 23.9 Å². The van der Waals surface area contributed by atoms with E-state index in [2.05, 4.69) is 0 Å². The van der Waals surface area contributed by atoms with Crippen LogP contribution in [0.15, 0.2) is 48.5 Å². The fourth-order valence-electron chi connectivity index (χ4n) is 2.33. The SMILES string of the molecule is CC(=O)Oc1ccc(C[C@H](N)C(=O)OCc2ccccc2)cc1OC(C)=O. The number of ether oxygens (including phenoxy) is 3. The number of esters is 3. The van der Waals surface area contributed by atoms with Gasteiger partial charge in [-0.25, -0.2) is 0 Å². The zero-order valence-electron chi connectivity index (χ0n) is 15.1. The topological polar surface area (TPSA) is 105 Å². The quantitative estimate of drug-likeness (QED) is 0.587. The summed E-state index contributed by atoms with van der Waals surface area (Å²) in [6.07, 6.45) is 0.169. The zero-order valence-corrected chi connectivity index (χ0v) is 15.1. The monoisotopic (exact) mass is 371 g/mol. The van der Waals surface area contributed by atoms with E-state index in [1.165, 1.54) is 26.0 Å². The molecule has 0 aliphatic rings. The predicted octanol–water partition coefficient (Wildman–Crippen LogP) is 2.15. The Balaban J connectivity index is 2.03. The molecular weight excluding hydrogens is 350 g/mol. The van der Waals surface area contributed by atoms with Crippen LogP contribution in [0, 0.1) is 0 Å². The van der Waals surface area contributed by atoms with Gasteiger partial charge in [0.25, 0.3) is 0 Å². The van der Waals surface area contributed by atoms with Gasteiger partial charge in [-0.3, -0.25) is 14.4 Å². The van der Waals surface area contributed by atoms with Crippen molar-refractivity contribution in [1.29, 1.82) is 0 Å². The molecule has 1 atom stereocenters. The minimum atomic E-state index is -0.890. The normalized spacial score (nSPS) is 11.4. The van der Waals surface area contributed by atoms with Crippen LogP contribution in [0.1, 0.15) is 25.0 Å². The number of hydrogen-bond acceptors (Lipinski definition) is 7. The third kappa shape index (κ3) is 6.56. The molecule has 0 bridgehead atoms. The number of carbonyl (C=O) groups excluding carboxylic acids is 3. The lowest BCUT2D eigenvalue weighted by Crippen LogP contribution is -2.34. The summed E-state index contributed by atoms with van der Waals surface area (Å²) in [4.78, 5) is 34.5. The van der Waals surface area contributed by atoms with Crippen LogP contribution in [0.5, 0.6) is 11.5 Å². The van der Waals surface area contributed by atoms with E-state index in [0.29, 0.717) is 5.56 Å². The van der Waals surface area contributed by atoms with Crippen molar-refractivity contribution in [2.24, 2.45) is 5.73 Å². The van der Waals surface area contributed by atoms with Crippen LogP contribution in [-0.2, 0) is 32.1 Å². The molecule has 2 N–H and O–H groups in total. The Morgan fingerprint density at radius 2 is 1.52 bits per heavy atom. The lowest BCUT2D eigenvalue weighted by molar-refractivity contribution is -0.146. The van der Waals surface area contributed by atoms with Gasteiger partial charge in [0.1, 0.15) is 12.6 Å². The third-order valence-corrected chi connectivity index (χ3v) is 3.50. The summed E-state index contributed by atoms with van der Waals surface area (Å²) in [5, 5.41) is 0. The molecule has 0 aliphatic carbocycles. The molecule has 0 saturated heterocycles. The summed E-state index contributed by atoms with van der Waals surface area (Å²) in [5.74, 6) is -1.46. The van der Waals surface area contributed by atoms with Crippen molar-refractivity contribution in [3.05, 3.63) is 59.7 Å². The molecule has 0 amide bonds. The Kier molecular flexibility index (Phi) is 7.08. The van der Waals surface area contributed by atoms with E-state index in [-0.39, 0.29) is 24.5 Å². The van der Waals surface area contributed by atoms with Crippen molar-refractivity contribution >= 4 is 17.9 Å². The maximum absolute atomic E-state index is 12.1. The number of benzene rings is 2. The van der Waals surface area contributed by atoms with E-state index >= 15 is 0 Å². The van der Waals surface area contributed by atoms with Gasteiger partial charge in [0.05, 0.1) is 0 Å². The maximum atomic E-state index is 12.1. The number of carbonyl (C=O) groups is 3. The van der Waals surface area contributed by atoms with Crippen molar-refractivity contribution in [3.8, 4) is 11.5 Å². The molecule has 2 aromatic rings. The fraction of sp³-hybridized carbons (Fsp3) is 0.250. The molecule has 2 aromatic carbocycles. The highest BCUT2D eigenvalue weighted by Crippen LogP contribution is 2.29. The van der Waals surface area contributed by atoms with E-state index in [4.69, 9.17) is 19.9 Å². The van der Waals surface area contributed by atoms with Gasteiger partial charge in [-0.2, -0.15) is 0 Å². The first-order valence-electron chi connectivity index (χ1n) is 8.31. The number of nitrogens with two attached hydrogens (primary N) is 1. The van der Waals surface area contributed by atoms with Gasteiger partial charge in [0.15, 0.2) is 11.5 Å². The summed E-state index contributed by atoms with van der Waals surface area (Å²) in [6.45, 7) is 2.61. The smallest absolute Gasteiger partial charge is 0.323 e. The Hall–Kier alpha value is -3.19. The first-order valence-corrected chi connectivity index (χ1v) is 8.31. The molecule has 0 aliphatic heterocycles. The summed E-state index contributed by atoms with van der Waals surface area (Å²) in [6, 6.07) is 13.0. The van der Waals surface area contributed by atoms with E-state index in [1.807, 2.05) is 30.3 Å². The van der Waals surface area contributed by atoms with Gasteiger partial charge in [-0.15, -0.1) is 0 Å². The summed E-state index contributed by atoms with van der Waals surface area (Å²) < 4.78 is 15.3. The lowest BCUT2D eigenvalue weighted by Gasteiger charge is -2.14. The lowest BCUT2D eigenvalue weighted by atomic mass is 10.1. The molecule has 2 rings (SSSR count). The highest BCUT2D eigenvalue weighted by atomic mass is 16.6. The fourth-order valence-corrected chi connectivity index (χ4v) is 2.33. The number of hydrogen-bond donors (Lipinski definition) is 1. The highest BCUT2D eigenvalue weighted by molar-refractivity contribution is 5.76. The highest BCUT2D eigenvalue weighted by Gasteiger charge is 2.18. The average molecular weight is 371 g/mol. The number of rotatable bonds is 7. The van der Waals surface area contributed by atoms with E-state index in [9.17, 15) is 14.4 Å². The minimum Gasteiger partial charge on any atom is -0.460 e. The Labute approximate surface area is 157 Å². The molecule has 0 spiro atoms. The molecule has 0 heterocycles. The molecule has 0 radical (unpaired) electrons. The van der Waals surface area contributed by atoms with Crippen molar-refractivity contribution in [3.63, 3.8) is 0 Å². The average Bonchev–Trinajstić information content (AvgIpc) is 2.62. The molecule has 7 nitrogen and oxygen atoms in total. The largest absolute Gasteiger partial charge is 0.460 e. The van der Waals surface area contributed by atoms with Crippen molar-refractivity contribution in [1.82, 2.24) is 0 Å². The molecule has 0 unspecified atom stereocenters. The molecule has 7 heteroatoms. The summed E-state index contributed by atoms with van der Waals surface area (Å²) in [7, 11) is 0. The molecule has 0 aromatic heterocycles. The van der Waals surface area contributed by atoms with Crippen LogP contribution < -0.4 is 15.2 Å². The van der Waals surface area contributed by atoms with Gasteiger partial charge >= 0.3 is 17.9 Å². The summed E-state index contributed by atoms with van der Waals surface area (Å²) >= 11 is 0. The Morgan fingerprint density at radius 1 is 0.889 bits per heavy atom. The van der Waals surface area contributed by atoms with Crippen LogP contribution in [0.3, 0.4) is 0 Å². The Bertz CT molecular complexity index is 818. The van der Waals surface area contributed by atoms with Gasteiger partial charge in [-0.05, 0) is 29.7 Å². The predicted molar refractivity (Wildman–Crippen MR) is 97.0 cm³/mol. The Morgan fingerprint density at radius 3 is 2.15 bits per heavy atom. The van der Waals surface area contributed by atoms with Crippen molar-refractivity contribution in [2.75, 3.05) is 0 Å². The molecule has 0 fully saturated rings. The first-order chi connectivity index (χ1) is 12.8. The van der Waals surface area contributed by atoms with Crippen LogP contribution in [0.2, 0.25) is 0 Å². The second-order valence-corrected chi connectivity index (χ2v) is 5.87. The first kappa shape index (κ1) is 20.1. The van der Waals surface area contributed by atoms with Gasteiger partial charge in [0, 0.05) is 13.8 Å². The zero-order chi connectivity index (χ0) is 19.8. The second kappa shape index (κ2) is 9.49. The van der Waals surface area contributed by atoms with Crippen molar-refractivity contribution in [2.45, 2.75) is 32.9 Å². The van der Waals surface area contributed by atoms with Crippen LogP contribution in [-0.4, -0.2) is 23.9 Å². The van der Waals surface area contributed by atoms with E-state index in [0.717, 1.165) is 5.56 Å². The van der Waals surface area contributed by atoms with Crippen LogP contribution in [0.4, 0.5) is 0 Å². The van der Waals surface area contributed by atoms with Gasteiger partial charge < -0.3 is 19.9 Å². The molecule has 142 valence electrons. The molecule has 0 saturated carbocycles.